The van der Waals surface area contributed by atoms with Crippen LogP contribution in [0.2, 0.25) is 0 Å². The largest absolute Gasteiger partial charge is 0.299 e. The molecule has 2 aliphatic rings. The van der Waals surface area contributed by atoms with Gasteiger partial charge in [0, 0.05) is 43.2 Å². The number of amides is 1. The van der Waals surface area contributed by atoms with E-state index in [-0.39, 0.29) is 23.9 Å². The summed E-state index contributed by atoms with van der Waals surface area (Å²) in [6.45, 7) is 4.86. The van der Waals surface area contributed by atoms with Crippen molar-refractivity contribution in [3.63, 3.8) is 0 Å². The van der Waals surface area contributed by atoms with Gasteiger partial charge in [-0.25, -0.2) is 9.94 Å². The zero-order valence-corrected chi connectivity index (χ0v) is 25.5. The molecule has 2 aliphatic heterocycles. The molecule has 0 saturated carbocycles. The Bertz CT molecular complexity index is 1920. The molecule has 0 spiro atoms. The number of hydrogen-bond acceptors (Lipinski definition) is 6. The van der Waals surface area contributed by atoms with E-state index in [1.807, 2.05) is 33.3 Å². The molecule has 9 heteroatoms. The summed E-state index contributed by atoms with van der Waals surface area (Å²) in [5.41, 5.74) is 10.3. The third-order valence-electron chi connectivity index (χ3n) is 8.99. The van der Waals surface area contributed by atoms with Gasteiger partial charge in [0.25, 0.3) is 5.56 Å². The van der Waals surface area contributed by atoms with Crippen LogP contribution in [0.25, 0.3) is 16.9 Å². The predicted molar refractivity (Wildman–Crippen MR) is 175 cm³/mol. The van der Waals surface area contributed by atoms with E-state index in [0.717, 1.165) is 78.8 Å². The highest BCUT2D eigenvalue weighted by atomic mass is 16.2. The highest BCUT2D eigenvalue weighted by Gasteiger charge is 2.27. The van der Waals surface area contributed by atoms with E-state index in [1.165, 1.54) is 5.56 Å². The summed E-state index contributed by atoms with van der Waals surface area (Å²) >= 11 is 0. The van der Waals surface area contributed by atoms with E-state index in [1.54, 1.807) is 6.33 Å². The molecular formula is C36H37N7O2. The Hall–Kier alpha value is -4.89. The van der Waals surface area contributed by atoms with Crippen molar-refractivity contribution < 1.29 is 4.79 Å². The van der Waals surface area contributed by atoms with Gasteiger partial charge in [-0.1, -0.05) is 86.1 Å². The van der Waals surface area contributed by atoms with Gasteiger partial charge >= 0.3 is 0 Å². The minimum atomic E-state index is -0.117. The van der Waals surface area contributed by atoms with Crippen LogP contribution >= 0.6 is 0 Å². The Kier molecular flexibility index (Phi) is 8.09. The standard InChI is InChI=1S/C36H37N7O2/c1-2-9-33-31(21-26-14-15-29(27-12-7-4-8-13-27)30(20-26)32-22-34(44)40-39-32)35(45)42(36-37-24-38-43(33)36)28-16-18-41(19-17-28)23-25-10-5-3-6-11-25/h3-8,10-15,20,24,28H,2,9,16-19,21-23H2,1H3,(H,40,44). The van der Waals surface area contributed by atoms with E-state index in [0.29, 0.717) is 17.9 Å². The topological polar surface area (TPSA) is 96.9 Å². The molecule has 45 heavy (non-hydrogen) atoms. The first-order chi connectivity index (χ1) is 22.1. The van der Waals surface area contributed by atoms with Crippen molar-refractivity contribution in [2.75, 3.05) is 13.1 Å². The zero-order valence-electron chi connectivity index (χ0n) is 25.5. The maximum absolute atomic E-state index is 14.5. The second-order valence-corrected chi connectivity index (χ2v) is 12.0. The Morgan fingerprint density at radius 1 is 0.889 bits per heavy atom. The summed E-state index contributed by atoms with van der Waals surface area (Å²) in [4.78, 5) is 33.7. The van der Waals surface area contributed by atoms with Gasteiger partial charge < -0.3 is 0 Å². The molecule has 0 aliphatic carbocycles. The lowest BCUT2D eigenvalue weighted by atomic mass is 9.91. The normalized spacial score (nSPS) is 15.8. The third-order valence-corrected chi connectivity index (χ3v) is 8.99. The minimum absolute atomic E-state index is 0.0178. The van der Waals surface area contributed by atoms with Crippen LogP contribution in [-0.4, -0.2) is 48.8 Å². The number of benzene rings is 3. The molecule has 0 unspecified atom stereocenters. The minimum Gasteiger partial charge on any atom is -0.299 e. The first kappa shape index (κ1) is 28.9. The average molecular weight is 600 g/mol. The smallest absolute Gasteiger partial charge is 0.259 e. The van der Waals surface area contributed by atoms with E-state index in [2.05, 4.69) is 87.0 Å². The molecule has 1 saturated heterocycles. The van der Waals surface area contributed by atoms with Gasteiger partial charge in [-0.05, 0) is 47.6 Å². The summed E-state index contributed by atoms with van der Waals surface area (Å²) in [5, 5.41) is 8.97. The van der Waals surface area contributed by atoms with Crippen LogP contribution in [0.3, 0.4) is 0 Å². The maximum atomic E-state index is 14.5. The molecule has 5 aromatic rings. The quantitative estimate of drug-likeness (QED) is 0.252. The van der Waals surface area contributed by atoms with Gasteiger partial charge in [0.1, 0.15) is 6.33 Å². The fourth-order valence-electron chi connectivity index (χ4n) is 6.79. The first-order valence-corrected chi connectivity index (χ1v) is 15.9. The lowest BCUT2D eigenvalue weighted by Gasteiger charge is -2.33. The van der Waals surface area contributed by atoms with Crippen LogP contribution in [0.4, 0.5) is 0 Å². The molecule has 2 aromatic heterocycles. The number of piperidine rings is 1. The molecule has 4 heterocycles. The summed E-state index contributed by atoms with van der Waals surface area (Å²) in [6, 6.07) is 27.0. The van der Waals surface area contributed by atoms with Gasteiger partial charge in [-0.2, -0.15) is 15.2 Å². The third kappa shape index (κ3) is 5.83. The number of aryl methyl sites for hydroxylation is 1. The number of nitrogens with zero attached hydrogens (tertiary/aromatic N) is 6. The average Bonchev–Trinajstić information content (AvgIpc) is 3.74. The van der Waals surface area contributed by atoms with Gasteiger partial charge in [0.05, 0.1) is 17.8 Å². The van der Waals surface area contributed by atoms with Crippen LogP contribution in [0.5, 0.6) is 0 Å². The van der Waals surface area contributed by atoms with Gasteiger partial charge in [-0.15, -0.1) is 0 Å². The van der Waals surface area contributed by atoms with E-state index in [4.69, 9.17) is 0 Å². The van der Waals surface area contributed by atoms with Crippen molar-refractivity contribution in [2.45, 2.75) is 58.0 Å². The van der Waals surface area contributed by atoms with Crippen LogP contribution in [0.15, 0.2) is 95.1 Å². The SMILES string of the molecule is CCCc1c(Cc2ccc(-c3ccccc3)c(C3=NNC(=O)C3)c2)c(=O)n(C2CCN(Cc3ccccc3)CC2)c2ncnn12. The Morgan fingerprint density at radius 2 is 1.64 bits per heavy atom. The van der Waals surface area contributed by atoms with Crippen LogP contribution in [0.1, 0.15) is 66.6 Å². The zero-order chi connectivity index (χ0) is 30.8. The van der Waals surface area contributed by atoms with Crippen molar-refractivity contribution >= 4 is 17.4 Å². The second kappa shape index (κ2) is 12.6. The predicted octanol–water partition coefficient (Wildman–Crippen LogP) is 5.16. The second-order valence-electron chi connectivity index (χ2n) is 12.0. The number of carbonyl (C=O) groups is 1. The molecule has 0 radical (unpaired) electrons. The van der Waals surface area contributed by atoms with E-state index < -0.39 is 0 Å². The highest BCUT2D eigenvalue weighted by Crippen LogP contribution is 2.29. The molecule has 1 N–H and O–H groups in total. The van der Waals surface area contributed by atoms with Crippen LogP contribution in [-0.2, 0) is 24.2 Å². The number of hydrazone groups is 1. The summed E-state index contributed by atoms with van der Waals surface area (Å²) in [7, 11) is 0. The van der Waals surface area contributed by atoms with Gasteiger partial charge in [-0.3, -0.25) is 19.1 Å². The Balaban J connectivity index is 1.25. The molecule has 0 atom stereocenters. The number of aromatic nitrogens is 4. The van der Waals surface area contributed by atoms with Crippen molar-refractivity contribution in [3.8, 4) is 11.1 Å². The summed E-state index contributed by atoms with van der Waals surface area (Å²) < 4.78 is 3.80. The lowest BCUT2D eigenvalue weighted by molar-refractivity contribution is -0.119. The first-order valence-electron chi connectivity index (χ1n) is 15.9. The molecular weight excluding hydrogens is 562 g/mol. The monoisotopic (exact) mass is 599 g/mol. The number of carbonyl (C=O) groups excluding carboxylic acids is 1. The fraction of sp³-hybridized carbons (Fsp3) is 0.306. The summed E-state index contributed by atoms with van der Waals surface area (Å²) in [6.07, 6.45) is 5.59. The number of rotatable bonds is 9. The molecule has 1 amide bonds. The van der Waals surface area contributed by atoms with Crippen molar-refractivity contribution in [1.29, 1.82) is 0 Å². The molecule has 0 bridgehead atoms. The molecule has 3 aromatic carbocycles. The Morgan fingerprint density at radius 3 is 2.36 bits per heavy atom. The van der Waals surface area contributed by atoms with Crippen LogP contribution < -0.4 is 11.0 Å². The fourth-order valence-corrected chi connectivity index (χ4v) is 6.79. The number of likely N-dealkylation sites (tertiary alicyclic amines) is 1. The van der Waals surface area contributed by atoms with Crippen molar-refractivity contribution in [1.82, 2.24) is 29.5 Å². The molecule has 228 valence electrons. The van der Waals surface area contributed by atoms with Crippen molar-refractivity contribution in [2.24, 2.45) is 5.10 Å². The summed E-state index contributed by atoms with van der Waals surface area (Å²) in [5.74, 6) is 0.507. The number of hydrogen-bond donors (Lipinski definition) is 1. The highest BCUT2D eigenvalue weighted by molar-refractivity contribution is 6.16. The van der Waals surface area contributed by atoms with Gasteiger partial charge in [0.15, 0.2) is 0 Å². The Labute approximate surface area is 262 Å². The number of nitrogens with one attached hydrogen (secondary N) is 1. The molecule has 7 rings (SSSR count). The van der Waals surface area contributed by atoms with Crippen LogP contribution in [0, 0.1) is 0 Å². The number of fused-ring (bicyclic) bond motifs is 1. The maximum Gasteiger partial charge on any atom is 0.259 e. The van der Waals surface area contributed by atoms with E-state index in [9.17, 15) is 9.59 Å². The molecule has 9 nitrogen and oxygen atoms in total. The van der Waals surface area contributed by atoms with Crippen molar-refractivity contribution in [3.05, 3.63) is 123 Å². The lowest BCUT2D eigenvalue weighted by Crippen LogP contribution is -2.39. The molecule has 1 fully saturated rings. The van der Waals surface area contributed by atoms with E-state index >= 15 is 0 Å². The van der Waals surface area contributed by atoms with Gasteiger partial charge in [0.2, 0.25) is 11.7 Å².